The molecule has 0 aromatic heterocycles. The molecule has 4 N–H and O–H groups in total. The van der Waals surface area contributed by atoms with Crippen LogP contribution >= 0.6 is 18.2 Å². The molecule has 0 bridgehead atoms. The van der Waals surface area contributed by atoms with E-state index in [-0.39, 0.29) is 0 Å². The third-order valence-electron chi connectivity index (χ3n) is 0. The minimum atomic E-state index is -4.67. The van der Waals surface area contributed by atoms with Crippen LogP contribution in [0.25, 0.3) is 0 Å². The summed E-state index contributed by atoms with van der Waals surface area (Å²) in [6, 6.07) is 0. The first-order valence-electron chi connectivity index (χ1n) is 1.45. The van der Waals surface area contributed by atoms with E-state index >= 15 is 0 Å². The van der Waals surface area contributed by atoms with Crippen molar-refractivity contribution in [1.82, 2.24) is 0 Å². The van der Waals surface area contributed by atoms with Crippen molar-refractivity contribution in [3.8, 4) is 0 Å². The predicted octanol–water partition coefficient (Wildman–Crippen LogP) is -0.335. The van der Waals surface area contributed by atoms with Gasteiger partial charge in [0.05, 0.1) is 0 Å². The van der Waals surface area contributed by atoms with Crippen molar-refractivity contribution in [2.75, 3.05) is 0 Å². The molecule has 0 aliphatic carbocycles. The van der Waals surface area contributed by atoms with Crippen LogP contribution < -0.4 is 0 Å². The fraction of sp³-hybridized carbons (Fsp3) is 0. The van der Waals surface area contributed by atoms with Gasteiger partial charge in [-0.3, -0.25) is 9.11 Å². The topological polar surface area (TPSA) is 132 Å². The molecule has 64 valence electrons. The lowest BCUT2D eigenvalue weighted by Gasteiger charge is -1.80. The summed E-state index contributed by atoms with van der Waals surface area (Å²) in [5, 5.41) is 0. The minimum absolute atomic E-state index is 4.17. The molecule has 0 heterocycles. The lowest BCUT2D eigenvalue weighted by molar-refractivity contribution is 0.380. The van der Waals surface area contributed by atoms with Crippen LogP contribution in [-0.2, 0) is 15.0 Å². The van der Waals surface area contributed by atoms with Gasteiger partial charge in [-0.25, -0.2) is 4.57 Å². The average molecular weight is 215 g/mol. The zero-order valence-electron chi connectivity index (χ0n) is 4.25. The van der Waals surface area contributed by atoms with Crippen molar-refractivity contribution >= 4 is 28.6 Å². The van der Waals surface area contributed by atoms with Gasteiger partial charge in [-0.1, -0.05) is 0 Å². The molecule has 0 aliphatic heterocycles. The second kappa shape index (κ2) is 4.24. The van der Waals surface area contributed by atoms with Gasteiger partial charge in [-0.2, -0.15) is 8.42 Å². The highest BCUT2D eigenvalue weighted by Gasteiger charge is 2.01. The van der Waals surface area contributed by atoms with Gasteiger partial charge in [-0.15, -0.1) is 0 Å². The molecule has 0 amide bonds. The SMILES string of the molecule is O=P(O)(O)Cl.O=S(=O)(O)O. The van der Waals surface area contributed by atoms with E-state index in [9.17, 15) is 0 Å². The van der Waals surface area contributed by atoms with Crippen LogP contribution in [0.15, 0.2) is 0 Å². The highest BCUT2D eigenvalue weighted by atomic mass is 35.7. The van der Waals surface area contributed by atoms with Gasteiger partial charge in [0.2, 0.25) is 0 Å². The van der Waals surface area contributed by atoms with E-state index in [2.05, 4.69) is 11.2 Å². The number of hydrogen-bond donors (Lipinski definition) is 4. The Morgan fingerprint density at radius 2 is 1.20 bits per heavy atom. The first kappa shape index (κ1) is 12.9. The van der Waals surface area contributed by atoms with Crippen LogP contribution in [0.4, 0.5) is 0 Å². The molecule has 10 heteroatoms. The number of halogens is 1. The van der Waals surface area contributed by atoms with Crippen LogP contribution in [0.3, 0.4) is 0 Å². The molecule has 0 aromatic rings. The van der Waals surface area contributed by atoms with Gasteiger partial charge in [0.1, 0.15) is 0 Å². The van der Waals surface area contributed by atoms with Crippen LogP contribution in [0.5, 0.6) is 0 Å². The van der Waals surface area contributed by atoms with Gasteiger partial charge in [-0.05, 0) is 0 Å². The smallest absolute Gasteiger partial charge is 0.313 e. The molecule has 7 nitrogen and oxygen atoms in total. The summed E-state index contributed by atoms with van der Waals surface area (Å²) < 4.78 is 40.7. The fourth-order valence-electron chi connectivity index (χ4n) is 0. The van der Waals surface area contributed by atoms with Crippen molar-refractivity contribution in [2.45, 2.75) is 0 Å². The molecular weight excluding hydrogens is 210 g/mol. The quantitative estimate of drug-likeness (QED) is 0.320. The van der Waals surface area contributed by atoms with Crippen LogP contribution in [-0.4, -0.2) is 27.3 Å². The Morgan fingerprint density at radius 3 is 1.20 bits per heavy atom. The molecule has 0 aliphatic rings. The summed E-state index contributed by atoms with van der Waals surface area (Å²) in [6.07, 6.45) is 0. The van der Waals surface area contributed by atoms with Crippen molar-refractivity contribution in [2.24, 2.45) is 0 Å². The maximum atomic E-state index is 9.09. The molecule has 0 aromatic carbocycles. The minimum Gasteiger partial charge on any atom is -0.313 e. The third kappa shape index (κ3) is 4620. The van der Waals surface area contributed by atoms with Gasteiger partial charge in [0.25, 0.3) is 0 Å². The van der Waals surface area contributed by atoms with E-state index in [1.165, 1.54) is 0 Å². The van der Waals surface area contributed by atoms with E-state index in [4.69, 9.17) is 31.9 Å². The summed E-state index contributed by atoms with van der Waals surface area (Å²) in [4.78, 5) is 14.8. The molecule has 0 unspecified atom stereocenters. The van der Waals surface area contributed by atoms with Crippen molar-refractivity contribution in [1.29, 1.82) is 0 Å². The Labute approximate surface area is 61.2 Å². The molecule has 0 saturated heterocycles. The second-order valence-electron chi connectivity index (χ2n) is 0.921. The van der Waals surface area contributed by atoms with Gasteiger partial charge in [0, 0.05) is 11.2 Å². The number of hydrogen-bond acceptors (Lipinski definition) is 3. The molecule has 0 fully saturated rings. The first-order valence-corrected chi connectivity index (χ1v) is 5.36. The summed E-state index contributed by atoms with van der Waals surface area (Å²) in [5.41, 5.74) is 0. The highest BCUT2D eigenvalue weighted by molar-refractivity contribution is 7.80. The fourth-order valence-corrected chi connectivity index (χ4v) is 0. The second-order valence-corrected chi connectivity index (χ2v) is 4.08. The normalized spacial score (nSPS) is 11.7. The summed E-state index contributed by atoms with van der Waals surface area (Å²) >= 11 is 4.20. The Balaban J connectivity index is 0. The summed E-state index contributed by atoms with van der Waals surface area (Å²) in [6.45, 7) is -4.17. The van der Waals surface area contributed by atoms with Crippen molar-refractivity contribution < 1.29 is 31.9 Å². The van der Waals surface area contributed by atoms with Crippen LogP contribution in [0.2, 0.25) is 0 Å². The molecule has 0 atom stereocenters. The zero-order valence-corrected chi connectivity index (χ0v) is 6.71. The molecule has 10 heavy (non-hydrogen) atoms. The van der Waals surface area contributed by atoms with Gasteiger partial charge in [0.15, 0.2) is 0 Å². The Hall–Kier alpha value is 0.310. The lowest BCUT2D eigenvalue weighted by atomic mass is 15.8. The van der Waals surface area contributed by atoms with E-state index in [1.807, 2.05) is 0 Å². The van der Waals surface area contributed by atoms with E-state index in [0.29, 0.717) is 0 Å². The number of rotatable bonds is 0. The lowest BCUT2D eigenvalue weighted by Crippen LogP contribution is -1.89. The average Bonchev–Trinajstić information content (AvgIpc) is 1.12. The van der Waals surface area contributed by atoms with Gasteiger partial charge < -0.3 is 9.79 Å². The first-order chi connectivity index (χ1) is 4.00. The standard InChI is InChI=1S/ClH2O3P.H2O4S/c2*1-5(2,3)4/h(H2,2,3,4);(H2,1,2,3,4). The molecular formula is H4ClO7PS. The Kier molecular flexibility index (Phi) is 5.49. The van der Waals surface area contributed by atoms with Crippen LogP contribution in [0, 0.1) is 0 Å². The third-order valence-corrected chi connectivity index (χ3v) is 0. The summed E-state index contributed by atoms with van der Waals surface area (Å²) in [5.74, 6) is 0. The highest BCUT2D eigenvalue weighted by Crippen LogP contribution is 2.39. The Morgan fingerprint density at radius 1 is 1.20 bits per heavy atom. The van der Waals surface area contributed by atoms with E-state index < -0.39 is 17.3 Å². The Bertz CT molecular complexity index is 191. The maximum Gasteiger partial charge on any atom is 0.419 e. The monoisotopic (exact) mass is 214 g/mol. The van der Waals surface area contributed by atoms with Crippen molar-refractivity contribution in [3.05, 3.63) is 0 Å². The molecule has 0 saturated carbocycles. The molecule has 0 rings (SSSR count). The summed E-state index contributed by atoms with van der Waals surface area (Å²) in [7, 11) is -4.67. The van der Waals surface area contributed by atoms with Crippen LogP contribution in [0.1, 0.15) is 0 Å². The largest absolute Gasteiger partial charge is 0.419 e. The molecule has 0 radical (unpaired) electrons. The van der Waals surface area contributed by atoms with Gasteiger partial charge >= 0.3 is 17.3 Å². The zero-order chi connectivity index (χ0) is 9.00. The predicted molar refractivity (Wildman–Crippen MR) is 32.1 cm³/mol. The van der Waals surface area contributed by atoms with E-state index in [1.54, 1.807) is 0 Å². The maximum absolute atomic E-state index is 9.09. The molecule has 0 spiro atoms. The van der Waals surface area contributed by atoms with Crippen molar-refractivity contribution in [3.63, 3.8) is 0 Å². The van der Waals surface area contributed by atoms with E-state index in [0.717, 1.165) is 0 Å².